The van der Waals surface area contributed by atoms with Gasteiger partial charge in [-0.3, -0.25) is 4.79 Å². The summed E-state index contributed by atoms with van der Waals surface area (Å²) in [6.07, 6.45) is 5.37. The third kappa shape index (κ3) is 2.59. The maximum Gasteiger partial charge on any atom is 0.254 e. The molecule has 0 bridgehead atoms. The van der Waals surface area contributed by atoms with Crippen LogP contribution in [0, 0.1) is 12.3 Å². The molecule has 4 rings (SSSR count). The number of hydrogen-bond donors (Lipinski definition) is 0. The number of carbonyl (C=O) groups is 1. The number of nitrogens with zero attached hydrogens (tertiary/aromatic N) is 4. The molecule has 2 aliphatic rings. The highest BCUT2D eigenvalue weighted by atomic mass is 16.5. The highest BCUT2D eigenvalue weighted by molar-refractivity contribution is 5.96. The van der Waals surface area contributed by atoms with Gasteiger partial charge in [0.2, 0.25) is 0 Å². The van der Waals surface area contributed by atoms with Crippen molar-refractivity contribution in [3.8, 4) is 5.75 Å². The maximum absolute atomic E-state index is 13.2. The van der Waals surface area contributed by atoms with Crippen molar-refractivity contribution in [3.05, 3.63) is 41.5 Å². The highest BCUT2D eigenvalue weighted by Gasteiger charge is 2.53. The molecule has 6 heteroatoms. The van der Waals surface area contributed by atoms with Crippen molar-refractivity contribution in [2.24, 2.45) is 5.41 Å². The van der Waals surface area contributed by atoms with Crippen LogP contribution in [0.2, 0.25) is 0 Å². The minimum Gasteiger partial charge on any atom is -0.497 e. The van der Waals surface area contributed by atoms with Crippen molar-refractivity contribution in [1.29, 1.82) is 0 Å². The fourth-order valence-electron chi connectivity index (χ4n) is 4.57. The molecule has 26 heavy (non-hydrogen) atoms. The standard InChI is InChI=1S/C20H26N4O2/c1-4-23-13-21-22-18(23)17-11-24(12-20(17)8-5-9-20)19(25)16-7-6-15(26-3)10-14(16)2/h6-7,10,13,17H,4-5,8-9,11-12H2,1-3H3. The van der Waals surface area contributed by atoms with E-state index in [1.807, 2.05) is 30.0 Å². The van der Waals surface area contributed by atoms with Crippen LogP contribution in [0.5, 0.6) is 5.75 Å². The molecule has 1 unspecified atom stereocenters. The van der Waals surface area contributed by atoms with Gasteiger partial charge >= 0.3 is 0 Å². The molecule has 2 fully saturated rings. The van der Waals surface area contributed by atoms with Crippen LogP contribution >= 0.6 is 0 Å². The Hall–Kier alpha value is -2.37. The van der Waals surface area contributed by atoms with Gasteiger partial charge in [0.15, 0.2) is 0 Å². The van der Waals surface area contributed by atoms with Crippen LogP contribution in [-0.4, -0.2) is 45.8 Å². The Morgan fingerprint density at radius 2 is 2.19 bits per heavy atom. The summed E-state index contributed by atoms with van der Waals surface area (Å²) < 4.78 is 7.39. The highest BCUT2D eigenvalue weighted by Crippen LogP contribution is 2.55. The molecule has 6 nitrogen and oxygen atoms in total. The summed E-state index contributed by atoms with van der Waals surface area (Å²) in [5.41, 5.74) is 1.89. The van der Waals surface area contributed by atoms with Gasteiger partial charge in [-0.15, -0.1) is 10.2 Å². The Morgan fingerprint density at radius 1 is 1.38 bits per heavy atom. The average molecular weight is 354 g/mol. The monoisotopic (exact) mass is 354 g/mol. The van der Waals surface area contributed by atoms with Gasteiger partial charge in [0.1, 0.15) is 17.9 Å². The number of amides is 1. The number of benzene rings is 1. The van der Waals surface area contributed by atoms with E-state index in [9.17, 15) is 4.79 Å². The number of rotatable bonds is 4. The maximum atomic E-state index is 13.2. The van der Waals surface area contributed by atoms with Crippen molar-refractivity contribution in [2.45, 2.75) is 45.6 Å². The predicted molar refractivity (Wildman–Crippen MR) is 98.4 cm³/mol. The molecule has 1 aliphatic heterocycles. The Labute approximate surface area is 154 Å². The second-order valence-corrected chi connectivity index (χ2v) is 7.61. The summed E-state index contributed by atoms with van der Waals surface area (Å²) in [6, 6.07) is 5.67. The second kappa shape index (κ2) is 6.41. The third-order valence-electron chi connectivity index (χ3n) is 6.25. The molecule has 1 atom stereocenters. The molecule has 1 aliphatic carbocycles. The van der Waals surface area contributed by atoms with Gasteiger partial charge in [-0.05, 0) is 55.9 Å². The summed E-state index contributed by atoms with van der Waals surface area (Å²) in [6.45, 7) is 6.48. The zero-order chi connectivity index (χ0) is 18.3. The molecule has 1 aromatic carbocycles. The molecule has 0 N–H and O–H groups in total. The first kappa shape index (κ1) is 17.1. The minimum atomic E-state index is 0.112. The molecule has 1 aromatic heterocycles. The Bertz CT molecular complexity index is 825. The van der Waals surface area contributed by atoms with Crippen molar-refractivity contribution in [1.82, 2.24) is 19.7 Å². The van der Waals surface area contributed by atoms with E-state index in [2.05, 4.69) is 21.7 Å². The van der Waals surface area contributed by atoms with Crippen LogP contribution in [0.4, 0.5) is 0 Å². The SMILES string of the molecule is CCn1cnnc1C1CN(C(=O)c2ccc(OC)cc2C)CC12CCC2. The van der Waals surface area contributed by atoms with E-state index in [0.29, 0.717) is 0 Å². The van der Waals surface area contributed by atoms with E-state index < -0.39 is 0 Å². The largest absolute Gasteiger partial charge is 0.497 e. The van der Waals surface area contributed by atoms with Crippen LogP contribution in [-0.2, 0) is 6.54 Å². The van der Waals surface area contributed by atoms with Crippen LogP contribution in [0.15, 0.2) is 24.5 Å². The molecule has 1 amide bonds. The first-order valence-electron chi connectivity index (χ1n) is 9.39. The number of ether oxygens (including phenoxy) is 1. The summed E-state index contributed by atoms with van der Waals surface area (Å²) in [7, 11) is 1.64. The van der Waals surface area contributed by atoms with Crippen LogP contribution in [0.1, 0.15) is 53.8 Å². The predicted octanol–water partition coefficient (Wildman–Crippen LogP) is 3.02. The Kier molecular flexibility index (Phi) is 4.21. The molecular weight excluding hydrogens is 328 g/mol. The number of likely N-dealkylation sites (tertiary alicyclic amines) is 1. The van der Waals surface area contributed by atoms with Gasteiger partial charge in [-0.25, -0.2) is 0 Å². The summed E-state index contributed by atoms with van der Waals surface area (Å²) in [4.78, 5) is 15.2. The fourth-order valence-corrected chi connectivity index (χ4v) is 4.57. The lowest BCUT2D eigenvalue weighted by molar-refractivity contribution is 0.0722. The molecule has 0 radical (unpaired) electrons. The topological polar surface area (TPSA) is 60.2 Å². The summed E-state index contributed by atoms with van der Waals surface area (Å²) >= 11 is 0. The Balaban J connectivity index is 1.62. The first-order chi connectivity index (χ1) is 12.6. The van der Waals surface area contributed by atoms with Crippen LogP contribution in [0.3, 0.4) is 0 Å². The van der Waals surface area contributed by atoms with Gasteiger partial charge in [0.25, 0.3) is 5.91 Å². The number of aromatic nitrogens is 3. The lowest BCUT2D eigenvalue weighted by atomic mass is 9.62. The van der Waals surface area contributed by atoms with Crippen molar-refractivity contribution < 1.29 is 9.53 Å². The second-order valence-electron chi connectivity index (χ2n) is 7.61. The average Bonchev–Trinajstić information content (AvgIpc) is 3.24. The zero-order valence-electron chi connectivity index (χ0n) is 15.7. The van der Waals surface area contributed by atoms with Gasteiger partial charge in [0.05, 0.1) is 7.11 Å². The van der Waals surface area contributed by atoms with Crippen molar-refractivity contribution in [3.63, 3.8) is 0 Å². The fraction of sp³-hybridized carbons (Fsp3) is 0.550. The lowest BCUT2D eigenvalue weighted by Gasteiger charge is -2.42. The van der Waals surface area contributed by atoms with Gasteiger partial charge in [-0.2, -0.15) is 0 Å². The minimum absolute atomic E-state index is 0.112. The first-order valence-corrected chi connectivity index (χ1v) is 9.39. The van der Waals surface area contributed by atoms with E-state index in [1.54, 1.807) is 13.4 Å². The normalized spacial score (nSPS) is 21.0. The summed E-state index contributed by atoms with van der Waals surface area (Å²) in [5, 5.41) is 8.53. The molecule has 1 saturated carbocycles. The molecular formula is C20H26N4O2. The van der Waals surface area contributed by atoms with E-state index in [1.165, 1.54) is 19.3 Å². The zero-order valence-corrected chi connectivity index (χ0v) is 15.7. The van der Waals surface area contributed by atoms with Crippen molar-refractivity contribution in [2.75, 3.05) is 20.2 Å². The lowest BCUT2D eigenvalue weighted by Crippen LogP contribution is -2.38. The van der Waals surface area contributed by atoms with Crippen LogP contribution in [0.25, 0.3) is 0 Å². The number of aryl methyl sites for hydroxylation is 2. The van der Waals surface area contributed by atoms with Gasteiger partial charge in [-0.1, -0.05) is 6.42 Å². The quantitative estimate of drug-likeness (QED) is 0.847. The smallest absolute Gasteiger partial charge is 0.254 e. The third-order valence-corrected chi connectivity index (χ3v) is 6.25. The van der Waals surface area contributed by atoms with E-state index in [0.717, 1.165) is 42.3 Å². The van der Waals surface area contributed by atoms with E-state index in [4.69, 9.17) is 4.74 Å². The number of methoxy groups -OCH3 is 1. The number of hydrogen-bond acceptors (Lipinski definition) is 4. The molecule has 2 heterocycles. The molecule has 1 saturated heterocycles. The molecule has 138 valence electrons. The number of carbonyl (C=O) groups excluding carboxylic acids is 1. The van der Waals surface area contributed by atoms with Crippen molar-refractivity contribution >= 4 is 5.91 Å². The molecule has 2 aromatic rings. The molecule has 1 spiro atoms. The van der Waals surface area contributed by atoms with Crippen LogP contribution < -0.4 is 4.74 Å². The van der Waals surface area contributed by atoms with E-state index in [-0.39, 0.29) is 17.2 Å². The van der Waals surface area contributed by atoms with Gasteiger partial charge < -0.3 is 14.2 Å². The van der Waals surface area contributed by atoms with Gasteiger partial charge in [0, 0.05) is 31.1 Å². The van der Waals surface area contributed by atoms with E-state index >= 15 is 0 Å². The summed E-state index contributed by atoms with van der Waals surface area (Å²) in [5.74, 6) is 2.21. The Morgan fingerprint density at radius 3 is 2.81 bits per heavy atom.